The summed E-state index contributed by atoms with van der Waals surface area (Å²) >= 11 is 0. The average Bonchev–Trinajstić information content (AvgIpc) is 2.28. The van der Waals surface area contributed by atoms with Crippen LogP contribution in [0.3, 0.4) is 0 Å². The highest BCUT2D eigenvalue weighted by molar-refractivity contribution is 6.89. The first kappa shape index (κ1) is 12.9. The van der Waals surface area contributed by atoms with Crippen LogP contribution in [-0.2, 0) is 9.53 Å². The van der Waals surface area contributed by atoms with Crippen LogP contribution in [0.2, 0.25) is 39.3 Å². The third kappa shape index (κ3) is 3.16. The molecule has 0 aliphatic carbocycles. The number of rotatable bonds is 3. The van der Waals surface area contributed by atoms with E-state index in [-0.39, 0.29) is 12.2 Å². The maximum Gasteiger partial charge on any atom is 0.307 e. The van der Waals surface area contributed by atoms with Crippen LogP contribution in [0.25, 0.3) is 0 Å². The molecule has 3 nitrogen and oxygen atoms in total. The van der Waals surface area contributed by atoms with Crippen LogP contribution in [-0.4, -0.2) is 32.9 Å². The Morgan fingerprint density at radius 3 is 1.87 bits per heavy atom. The van der Waals surface area contributed by atoms with Crippen molar-refractivity contribution < 1.29 is 9.53 Å². The van der Waals surface area contributed by atoms with E-state index < -0.39 is 16.5 Å². The first-order valence-corrected chi connectivity index (χ1v) is 12.5. The van der Waals surface area contributed by atoms with E-state index in [0.29, 0.717) is 6.42 Å². The largest absolute Gasteiger partial charge is 0.448 e. The lowest BCUT2D eigenvalue weighted by atomic mass is 10.3. The van der Waals surface area contributed by atoms with Crippen molar-refractivity contribution in [1.82, 2.24) is 4.23 Å². The van der Waals surface area contributed by atoms with E-state index in [4.69, 9.17) is 4.74 Å². The third-order valence-corrected chi connectivity index (χ3v) is 10.1. The maximum absolute atomic E-state index is 11.2. The summed E-state index contributed by atoms with van der Waals surface area (Å²) in [4.78, 5) is 11.2. The fourth-order valence-electron chi connectivity index (χ4n) is 2.56. The Morgan fingerprint density at radius 2 is 1.60 bits per heavy atom. The summed E-state index contributed by atoms with van der Waals surface area (Å²) in [6.07, 6.45) is 1.54. The number of hydrogen-bond donors (Lipinski definition) is 0. The molecule has 5 heteroatoms. The first-order chi connectivity index (χ1) is 6.62. The molecule has 1 saturated heterocycles. The minimum absolute atomic E-state index is 0.0264. The number of cyclic esters (lactones) is 1. The summed E-state index contributed by atoms with van der Waals surface area (Å²) in [5.74, 6) is -0.0264. The molecule has 0 radical (unpaired) electrons. The van der Waals surface area contributed by atoms with Crippen LogP contribution >= 0.6 is 0 Å². The molecule has 1 atom stereocenters. The molecular formula is C10H23NO2Si2. The van der Waals surface area contributed by atoms with Crippen LogP contribution in [0, 0.1) is 0 Å². The molecule has 15 heavy (non-hydrogen) atoms. The van der Waals surface area contributed by atoms with E-state index in [1.165, 1.54) is 0 Å². The number of ether oxygens (including phenoxy) is 1. The minimum atomic E-state index is -1.40. The van der Waals surface area contributed by atoms with Crippen molar-refractivity contribution in [3.63, 3.8) is 0 Å². The van der Waals surface area contributed by atoms with Gasteiger partial charge in [-0.1, -0.05) is 39.3 Å². The Balaban J connectivity index is 2.88. The molecule has 1 aliphatic heterocycles. The predicted octanol–water partition coefficient (Wildman–Crippen LogP) is 2.62. The molecule has 1 aliphatic rings. The van der Waals surface area contributed by atoms with E-state index in [0.717, 1.165) is 6.42 Å². The molecule has 1 unspecified atom stereocenters. The Morgan fingerprint density at radius 1 is 1.13 bits per heavy atom. The zero-order valence-electron chi connectivity index (χ0n) is 10.8. The van der Waals surface area contributed by atoms with Gasteiger partial charge in [-0.2, -0.15) is 0 Å². The Labute approximate surface area is 95.0 Å². The van der Waals surface area contributed by atoms with Crippen molar-refractivity contribution in [2.75, 3.05) is 0 Å². The van der Waals surface area contributed by atoms with Crippen LogP contribution in [0.5, 0.6) is 0 Å². The second-order valence-corrected chi connectivity index (χ2v) is 16.3. The van der Waals surface area contributed by atoms with Crippen LogP contribution < -0.4 is 0 Å². The quantitative estimate of drug-likeness (QED) is 0.565. The van der Waals surface area contributed by atoms with Gasteiger partial charge >= 0.3 is 5.97 Å². The van der Waals surface area contributed by atoms with Crippen molar-refractivity contribution in [3.8, 4) is 0 Å². The van der Waals surface area contributed by atoms with Gasteiger partial charge in [-0.3, -0.25) is 4.79 Å². The van der Waals surface area contributed by atoms with E-state index >= 15 is 0 Å². The molecule has 0 bridgehead atoms. The zero-order chi connectivity index (χ0) is 11.9. The van der Waals surface area contributed by atoms with Crippen LogP contribution in [0.15, 0.2) is 0 Å². The molecule has 0 spiro atoms. The van der Waals surface area contributed by atoms with Gasteiger partial charge in [0.1, 0.15) is 22.7 Å². The zero-order valence-corrected chi connectivity index (χ0v) is 12.8. The normalized spacial score (nSPS) is 23.4. The van der Waals surface area contributed by atoms with Gasteiger partial charge in [0.05, 0.1) is 6.42 Å². The molecule has 88 valence electrons. The standard InChI is InChI=1S/C10H23NO2Si2/c1-14(2,3)11(15(4,5)6)9-7-8-10(12)13-9/h9H,7-8H2,1-6H3. The summed E-state index contributed by atoms with van der Waals surface area (Å²) in [5, 5.41) is 0. The lowest BCUT2D eigenvalue weighted by Gasteiger charge is -2.46. The fourth-order valence-corrected chi connectivity index (χ4v) is 12.7. The molecule has 0 saturated carbocycles. The van der Waals surface area contributed by atoms with Gasteiger partial charge in [0.15, 0.2) is 0 Å². The highest BCUT2D eigenvalue weighted by atomic mass is 28.4. The first-order valence-electron chi connectivity index (χ1n) is 5.61. The molecule has 0 N–H and O–H groups in total. The number of carbonyl (C=O) groups is 1. The molecule has 1 fully saturated rings. The Hall–Kier alpha value is -0.136. The van der Waals surface area contributed by atoms with Crippen LogP contribution in [0.1, 0.15) is 12.8 Å². The Kier molecular flexibility index (Phi) is 3.47. The van der Waals surface area contributed by atoms with Crippen molar-refractivity contribution in [1.29, 1.82) is 0 Å². The minimum Gasteiger partial charge on any atom is -0.448 e. The van der Waals surface area contributed by atoms with Gasteiger partial charge in [0.2, 0.25) is 0 Å². The molecule has 1 heterocycles. The molecule has 1 rings (SSSR count). The van der Waals surface area contributed by atoms with Gasteiger partial charge in [0.25, 0.3) is 0 Å². The maximum atomic E-state index is 11.2. The molecular weight excluding hydrogens is 222 g/mol. The number of esters is 1. The highest BCUT2D eigenvalue weighted by Crippen LogP contribution is 2.29. The van der Waals surface area contributed by atoms with Gasteiger partial charge < -0.3 is 8.97 Å². The highest BCUT2D eigenvalue weighted by Gasteiger charge is 2.43. The summed E-state index contributed by atoms with van der Waals surface area (Å²) in [6, 6.07) is 0. The summed E-state index contributed by atoms with van der Waals surface area (Å²) in [6.45, 7) is 14.0. The topological polar surface area (TPSA) is 29.5 Å². The van der Waals surface area contributed by atoms with Gasteiger partial charge in [-0.05, 0) is 0 Å². The van der Waals surface area contributed by atoms with E-state index in [1.807, 2.05) is 0 Å². The third-order valence-electron chi connectivity index (χ3n) is 2.60. The van der Waals surface area contributed by atoms with Gasteiger partial charge in [-0.25, -0.2) is 0 Å². The lowest BCUT2D eigenvalue weighted by molar-refractivity contribution is -0.143. The van der Waals surface area contributed by atoms with E-state index in [1.54, 1.807) is 0 Å². The fraction of sp³-hybridized carbons (Fsp3) is 0.900. The second-order valence-electron chi connectivity index (χ2n) is 6.19. The summed E-state index contributed by atoms with van der Waals surface area (Å²) < 4.78 is 7.99. The van der Waals surface area contributed by atoms with E-state index in [2.05, 4.69) is 43.5 Å². The second kappa shape index (κ2) is 4.03. The predicted molar refractivity (Wildman–Crippen MR) is 67.6 cm³/mol. The lowest BCUT2D eigenvalue weighted by Crippen LogP contribution is -2.63. The molecule has 0 aromatic rings. The number of hydrogen-bond acceptors (Lipinski definition) is 3. The number of carbonyl (C=O) groups excluding carboxylic acids is 1. The van der Waals surface area contributed by atoms with Crippen molar-refractivity contribution in [2.24, 2.45) is 0 Å². The summed E-state index contributed by atoms with van der Waals surface area (Å²) in [5.41, 5.74) is 0. The average molecular weight is 245 g/mol. The van der Waals surface area contributed by atoms with Gasteiger partial charge in [0, 0.05) is 6.42 Å². The van der Waals surface area contributed by atoms with Gasteiger partial charge in [-0.15, -0.1) is 0 Å². The van der Waals surface area contributed by atoms with Crippen molar-refractivity contribution >= 4 is 22.4 Å². The summed E-state index contributed by atoms with van der Waals surface area (Å²) in [7, 11) is -2.80. The molecule has 0 aromatic carbocycles. The Bertz CT molecular complexity index is 241. The number of nitrogens with zero attached hydrogens (tertiary/aromatic N) is 1. The SMILES string of the molecule is C[Si](C)(C)N(C1CCC(=O)O1)[Si](C)(C)C. The van der Waals surface area contributed by atoms with Crippen molar-refractivity contribution in [2.45, 2.75) is 58.4 Å². The van der Waals surface area contributed by atoms with Crippen molar-refractivity contribution in [3.05, 3.63) is 0 Å². The van der Waals surface area contributed by atoms with E-state index in [9.17, 15) is 4.79 Å². The molecule has 0 amide bonds. The molecule has 0 aromatic heterocycles. The smallest absolute Gasteiger partial charge is 0.307 e. The van der Waals surface area contributed by atoms with Crippen LogP contribution in [0.4, 0.5) is 0 Å². The monoisotopic (exact) mass is 245 g/mol.